The molecule has 0 saturated heterocycles. The highest BCUT2D eigenvalue weighted by Gasteiger charge is 2.41. The maximum atomic E-state index is 12.6. The van der Waals surface area contributed by atoms with Crippen molar-refractivity contribution in [3.8, 4) is 0 Å². The third-order valence-electron chi connectivity index (χ3n) is 4.31. The zero-order chi connectivity index (χ0) is 14.5. The lowest BCUT2D eigenvalue weighted by atomic mass is 9.80. The van der Waals surface area contributed by atoms with Crippen LogP contribution in [-0.4, -0.2) is 34.5 Å². The molecule has 2 atom stereocenters. The number of nitrogens with one attached hydrogen (secondary N) is 1. The summed E-state index contributed by atoms with van der Waals surface area (Å²) < 4.78 is 0. The molecule has 0 spiro atoms. The summed E-state index contributed by atoms with van der Waals surface area (Å²) in [5, 5.41) is 15.6. The van der Waals surface area contributed by atoms with Gasteiger partial charge in [0, 0.05) is 11.3 Å². The first-order valence-electron chi connectivity index (χ1n) is 6.87. The van der Waals surface area contributed by atoms with Gasteiger partial charge in [-0.3, -0.25) is 4.79 Å². The van der Waals surface area contributed by atoms with Gasteiger partial charge in [-0.15, -0.1) is 0 Å². The Hall–Kier alpha value is -0.910. The first-order chi connectivity index (χ1) is 9.05. The molecule has 1 fully saturated rings. The van der Waals surface area contributed by atoms with E-state index in [2.05, 4.69) is 16.7 Å². The molecule has 1 rings (SSSR count). The van der Waals surface area contributed by atoms with E-state index in [-0.39, 0.29) is 17.8 Å². The fourth-order valence-corrected chi connectivity index (χ4v) is 3.76. The van der Waals surface area contributed by atoms with E-state index in [0.717, 1.165) is 19.3 Å². The number of carbonyl (C=O) groups excluding carboxylic acids is 1. The van der Waals surface area contributed by atoms with Crippen molar-refractivity contribution >= 4 is 23.5 Å². The maximum absolute atomic E-state index is 12.6. The zero-order valence-electron chi connectivity index (χ0n) is 12.0. The molecule has 6 heteroatoms. The van der Waals surface area contributed by atoms with Gasteiger partial charge in [0.25, 0.3) is 0 Å². The predicted octanol–water partition coefficient (Wildman–Crippen LogP) is 1.94. The second kappa shape index (κ2) is 7.03. The summed E-state index contributed by atoms with van der Waals surface area (Å²) in [5.74, 6) is -0.104. The quantitative estimate of drug-likeness (QED) is 0.301. The van der Waals surface area contributed by atoms with Crippen LogP contribution in [0.1, 0.15) is 46.0 Å². The van der Waals surface area contributed by atoms with E-state index in [1.54, 1.807) is 11.8 Å². The monoisotopic (exact) mass is 287 g/mol. The first kappa shape index (κ1) is 16.1. The number of thioether (sulfide) groups is 1. The van der Waals surface area contributed by atoms with Gasteiger partial charge in [-0.05, 0) is 31.9 Å². The minimum atomic E-state index is -0.889. The van der Waals surface area contributed by atoms with Crippen LogP contribution in [0.4, 0.5) is 0 Å². The van der Waals surface area contributed by atoms with Crippen molar-refractivity contribution in [3.63, 3.8) is 0 Å². The summed E-state index contributed by atoms with van der Waals surface area (Å²) in [7, 11) is 0. The van der Waals surface area contributed by atoms with Crippen LogP contribution in [0, 0.1) is 5.41 Å². The van der Waals surface area contributed by atoms with E-state index >= 15 is 0 Å². The fourth-order valence-electron chi connectivity index (χ4n) is 2.83. The smallest absolute Gasteiger partial charge is 0.234 e. The van der Waals surface area contributed by atoms with Crippen LogP contribution in [0.2, 0.25) is 0 Å². The van der Waals surface area contributed by atoms with Crippen LogP contribution >= 0.6 is 11.8 Å². The fraction of sp³-hybridized carbons (Fsp3) is 0.846. The van der Waals surface area contributed by atoms with Crippen molar-refractivity contribution in [2.45, 2.75) is 57.2 Å². The summed E-state index contributed by atoms with van der Waals surface area (Å²) in [6.07, 6.45) is 6.43. The molecular weight excluding hydrogens is 262 g/mol. The van der Waals surface area contributed by atoms with Crippen molar-refractivity contribution < 1.29 is 10.0 Å². The van der Waals surface area contributed by atoms with Gasteiger partial charge < -0.3 is 16.3 Å². The molecule has 0 heterocycles. The van der Waals surface area contributed by atoms with Gasteiger partial charge in [0.2, 0.25) is 5.91 Å². The van der Waals surface area contributed by atoms with Crippen LogP contribution in [0.5, 0.6) is 0 Å². The topological polar surface area (TPSA) is 87.7 Å². The highest BCUT2D eigenvalue weighted by Crippen LogP contribution is 2.31. The number of nitrogens with zero attached hydrogens (tertiary/aromatic N) is 1. The average molecular weight is 287 g/mol. The molecule has 4 N–H and O–H groups in total. The Balaban J connectivity index is 2.84. The molecule has 0 aromatic carbocycles. The van der Waals surface area contributed by atoms with E-state index in [1.807, 2.05) is 13.8 Å². The van der Waals surface area contributed by atoms with Crippen molar-refractivity contribution in [1.82, 2.24) is 5.32 Å². The van der Waals surface area contributed by atoms with Crippen LogP contribution in [-0.2, 0) is 4.79 Å². The molecule has 0 radical (unpaired) electrons. The van der Waals surface area contributed by atoms with E-state index < -0.39 is 5.41 Å². The Labute approximate surface area is 119 Å². The lowest BCUT2D eigenvalue weighted by Crippen LogP contribution is -2.52. The van der Waals surface area contributed by atoms with Gasteiger partial charge in [-0.25, -0.2) is 0 Å². The summed E-state index contributed by atoms with van der Waals surface area (Å²) in [6.45, 7) is 3.78. The third-order valence-corrected chi connectivity index (χ3v) is 5.48. The zero-order valence-corrected chi connectivity index (χ0v) is 12.8. The first-order valence-corrected chi connectivity index (χ1v) is 8.16. The number of hydrogen-bond donors (Lipinski definition) is 3. The van der Waals surface area contributed by atoms with Crippen LogP contribution in [0.3, 0.4) is 0 Å². The molecule has 0 aliphatic heterocycles. The second-order valence-corrected chi connectivity index (χ2v) is 6.14. The SMILES string of the molecule is CCC(CC)(C(=O)NC1CCCC1SC)C(N)=NO. The van der Waals surface area contributed by atoms with E-state index in [0.29, 0.717) is 18.1 Å². The number of carbonyl (C=O) groups is 1. The van der Waals surface area contributed by atoms with Crippen molar-refractivity contribution in [3.05, 3.63) is 0 Å². The van der Waals surface area contributed by atoms with Gasteiger partial charge >= 0.3 is 0 Å². The summed E-state index contributed by atoms with van der Waals surface area (Å²) in [6, 6.07) is 0.200. The summed E-state index contributed by atoms with van der Waals surface area (Å²) >= 11 is 1.80. The van der Waals surface area contributed by atoms with Crippen LogP contribution in [0.25, 0.3) is 0 Å². The minimum Gasteiger partial charge on any atom is -0.409 e. The lowest BCUT2D eigenvalue weighted by Gasteiger charge is -2.31. The lowest BCUT2D eigenvalue weighted by molar-refractivity contribution is -0.128. The van der Waals surface area contributed by atoms with E-state index in [1.165, 1.54) is 0 Å². The van der Waals surface area contributed by atoms with Crippen molar-refractivity contribution in [2.24, 2.45) is 16.3 Å². The molecule has 1 saturated carbocycles. The molecular formula is C13H25N3O2S. The van der Waals surface area contributed by atoms with Gasteiger partial charge in [0.05, 0.1) is 0 Å². The summed E-state index contributed by atoms with van der Waals surface area (Å²) in [5.41, 5.74) is 4.86. The molecule has 1 amide bonds. The van der Waals surface area contributed by atoms with Crippen molar-refractivity contribution in [1.29, 1.82) is 0 Å². The minimum absolute atomic E-state index is 0.00805. The average Bonchev–Trinajstić information content (AvgIpc) is 2.87. The Morgan fingerprint density at radius 2 is 2.11 bits per heavy atom. The Morgan fingerprint density at radius 1 is 1.47 bits per heavy atom. The molecule has 1 aliphatic carbocycles. The molecule has 19 heavy (non-hydrogen) atoms. The third kappa shape index (κ3) is 3.16. The Bertz CT molecular complexity index is 343. The predicted molar refractivity (Wildman–Crippen MR) is 79.5 cm³/mol. The molecule has 1 aliphatic rings. The van der Waals surface area contributed by atoms with Crippen molar-refractivity contribution in [2.75, 3.05) is 6.26 Å². The largest absolute Gasteiger partial charge is 0.409 e. The number of rotatable bonds is 6. The highest BCUT2D eigenvalue weighted by molar-refractivity contribution is 7.99. The van der Waals surface area contributed by atoms with Gasteiger partial charge in [0.15, 0.2) is 5.84 Å². The number of nitrogens with two attached hydrogens (primary N) is 1. The van der Waals surface area contributed by atoms with Crippen LogP contribution < -0.4 is 11.1 Å². The van der Waals surface area contributed by atoms with E-state index in [4.69, 9.17) is 10.9 Å². The molecule has 0 aromatic heterocycles. The molecule has 2 unspecified atom stereocenters. The van der Waals surface area contributed by atoms with E-state index in [9.17, 15) is 4.79 Å². The standard InChI is InChI=1S/C13H25N3O2S/c1-4-13(5-2,11(14)16-18)12(17)15-9-7-6-8-10(9)19-3/h9-10,18H,4-8H2,1-3H3,(H2,14,16)(H,15,17). The Kier molecular flexibility index (Phi) is 5.97. The Morgan fingerprint density at radius 3 is 2.58 bits per heavy atom. The molecule has 110 valence electrons. The van der Waals surface area contributed by atoms with Gasteiger partial charge in [0.1, 0.15) is 5.41 Å². The normalized spacial score (nSPS) is 24.5. The number of hydrogen-bond acceptors (Lipinski definition) is 4. The van der Waals surface area contributed by atoms with Crippen LogP contribution in [0.15, 0.2) is 5.16 Å². The molecule has 0 bridgehead atoms. The van der Waals surface area contributed by atoms with Gasteiger partial charge in [-0.2, -0.15) is 11.8 Å². The maximum Gasteiger partial charge on any atom is 0.234 e. The number of amidine groups is 1. The summed E-state index contributed by atoms with van der Waals surface area (Å²) in [4.78, 5) is 12.6. The number of amides is 1. The molecule has 5 nitrogen and oxygen atoms in total. The highest BCUT2D eigenvalue weighted by atomic mass is 32.2. The molecule has 0 aromatic rings. The second-order valence-electron chi connectivity index (χ2n) is 5.06. The van der Waals surface area contributed by atoms with Gasteiger partial charge in [-0.1, -0.05) is 25.4 Å². The number of oxime groups is 1.